The standard InChI is InChI=1S/C23H24FN3O3/c1-3-16-4-10-19(11-5-16)26-21(29)14-27-22(17-6-8-18(24)9-7-17)25-15(2)20(12-13-28)23(27)30/h4-11,28H,3,12-14H2,1-2H3,(H,26,29). The molecule has 6 nitrogen and oxygen atoms in total. The maximum atomic E-state index is 13.4. The van der Waals surface area contributed by atoms with Gasteiger partial charge in [0.15, 0.2) is 0 Å². The van der Waals surface area contributed by atoms with Gasteiger partial charge in [-0.1, -0.05) is 19.1 Å². The van der Waals surface area contributed by atoms with Crippen LogP contribution < -0.4 is 10.9 Å². The third-order valence-electron chi connectivity index (χ3n) is 4.88. The van der Waals surface area contributed by atoms with Gasteiger partial charge < -0.3 is 10.4 Å². The van der Waals surface area contributed by atoms with Crippen LogP contribution in [0.5, 0.6) is 0 Å². The Hall–Kier alpha value is -3.32. The molecule has 7 heteroatoms. The number of amides is 1. The van der Waals surface area contributed by atoms with Gasteiger partial charge in [-0.2, -0.15) is 0 Å². The van der Waals surface area contributed by atoms with E-state index in [1.807, 2.05) is 31.2 Å². The summed E-state index contributed by atoms with van der Waals surface area (Å²) >= 11 is 0. The summed E-state index contributed by atoms with van der Waals surface area (Å²) in [4.78, 5) is 30.2. The number of benzene rings is 2. The monoisotopic (exact) mass is 409 g/mol. The molecule has 0 aliphatic carbocycles. The lowest BCUT2D eigenvalue weighted by Crippen LogP contribution is -2.33. The summed E-state index contributed by atoms with van der Waals surface area (Å²) in [5, 5.41) is 12.1. The number of hydrogen-bond acceptors (Lipinski definition) is 4. The molecule has 156 valence electrons. The Balaban J connectivity index is 1.97. The molecule has 0 bridgehead atoms. The molecule has 0 fully saturated rings. The van der Waals surface area contributed by atoms with E-state index in [1.165, 1.54) is 28.8 Å². The Morgan fingerprint density at radius 1 is 1.13 bits per heavy atom. The number of hydrogen-bond donors (Lipinski definition) is 2. The Bertz CT molecular complexity index is 1090. The molecular formula is C23H24FN3O3. The molecule has 30 heavy (non-hydrogen) atoms. The van der Waals surface area contributed by atoms with Crippen LogP contribution in [0.4, 0.5) is 10.1 Å². The summed E-state index contributed by atoms with van der Waals surface area (Å²) in [7, 11) is 0. The van der Waals surface area contributed by atoms with E-state index in [9.17, 15) is 19.1 Å². The van der Waals surface area contributed by atoms with Gasteiger partial charge in [0.05, 0.1) is 0 Å². The minimum absolute atomic E-state index is 0.140. The van der Waals surface area contributed by atoms with Crippen LogP contribution in [-0.4, -0.2) is 27.2 Å². The normalized spacial score (nSPS) is 10.8. The van der Waals surface area contributed by atoms with Crippen LogP contribution in [0.15, 0.2) is 53.3 Å². The molecule has 2 aromatic carbocycles. The fourth-order valence-corrected chi connectivity index (χ4v) is 3.23. The lowest BCUT2D eigenvalue weighted by Gasteiger charge is -2.16. The van der Waals surface area contributed by atoms with Crippen molar-refractivity contribution in [3.05, 3.63) is 81.5 Å². The van der Waals surface area contributed by atoms with Gasteiger partial charge in [0.1, 0.15) is 18.2 Å². The lowest BCUT2D eigenvalue weighted by molar-refractivity contribution is -0.116. The van der Waals surface area contributed by atoms with Crippen molar-refractivity contribution in [3.8, 4) is 11.4 Å². The molecule has 0 atom stereocenters. The number of rotatable bonds is 7. The maximum absolute atomic E-state index is 13.4. The van der Waals surface area contributed by atoms with E-state index in [1.54, 1.807) is 6.92 Å². The van der Waals surface area contributed by atoms with Gasteiger partial charge in [0.25, 0.3) is 5.56 Å². The molecule has 3 aromatic rings. The lowest BCUT2D eigenvalue weighted by atomic mass is 10.1. The first-order chi connectivity index (χ1) is 14.4. The third-order valence-corrected chi connectivity index (χ3v) is 4.88. The summed E-state index contributed by atoms with van der Waals surface area (Å²) in [6.45, 7) is 3.26. The van der Waals surface area contributed by atoms with Crippen molar-refractivity contribution >= 4 is 11.6 Å². The molecule has 1 aromatic heterocycles. The predicted molar refractivity (Wildman–Crippen MR) is 114 cm³/mol. The van der Waals surface area contributed by atoms with Gasteiger partial charge >= 0.3 is 0 Å². The Morgan fingerprint density at radius 3 is 2.40 bits per heavy atom. The van der Waals surface area contributed by atoms with Crippen molar-refractivity contribution in [3.63, 3.8) is 0 Å². The van der Waals surface area contributed by atoms with Crippen LogP contribution >= 0.6 is 0 Å². The second-order valence-electron chi connectivity index (χ2n) is 6.97. The molecule has 0 saturated carbocycles. The van der Waals surface area contributed by atoms with Crippen LogP contribution in [0.1, 0.15) is 23.7 Å². The van der Waals surface area contributed by atoms with Crippen LogP contribution in [-0.2, 0) is 24.2 Å². The number of nitrogens with zero attached hydrogens (tertiary/aromatic N) is 2. The van der Waals surface area contributed by atoms with E-state index in [4.69, 9.17) is 0 Å². The summed E-state index contributed by atoms with van der Waals surface area (Å²) in [5.74, 6) is -0.518. The highest BCUT2D eigenvalue weighted by atomic mass is 19.1. The highest BCUT2D eigenvalue weighted by molar-refractivity contribution is 5.90. The van der Waals surface area contributed by atoms with E-state index in [2.05, 4.69) is 10.3 Å². The van der Waals surface area contributed by atoms with E-state index >= 15 is 0 Å². The Kier molecular flexibility index (Phi) is 6.74. The number of anilines is 1. The fourth-order valence-electron chi connectivity index (χ4n) is 3.23. The van der Waals surface area contributed by atoms with Crippen LogP contribution in [0.3, 0.4) is 0 Å². The Labute approximate surface area is 174 Å². The molecule has 2 N–H and O–H groups in total. The predicted octanol–water partition coefficient (Wildman–Crippen LogP) is 3.09. The summed E-state index contributed by atoms with van der Waals surface area (Å²) in [6, 6.07) is 13.1. The number of aliphatic hydroxyl groups is 1. The zero-order valence-electron chi connectivity index (χ0n) is 17.0. The summed E-state index contributed by atoms with van der Waals surface area (Å²) in [6.07, 6.45) is 1.04. The van der Waals surface area contributed by atoms with Gasteiger partial charge in [0.2, 0.25) is 5.91 Å². The first kappa shape index (κ1) is 21.4. The number of aryl methyl sites for hydroxylation is 2. The van der Waals surface area contributed by atoms with E-state index in [0.717, 1.165) is 12.0 Å². The molecule has 0 saturated heterocycles. The van der Waals surface area contributed by atoms with Crippen molar-refractivity contribution in [2.45, 2.75) is 33.2 Å². The van der Waals surface area contributed by atoms with Gasteiger partial charge in [-0.05, 0) is 55.3 Å². The summed E-state index contributed by atoms with van der Waals surface area (Å²) in [5.41, 5.74) is 2.73. The van der Waals surface area contributed by atoms with Crippen molar-refractivity contribution in [1.82, 2.24) is 9.55 Å². The first-order valence-electron chi connectivity index (χ1n) is 9.78. The van der Waals surface area contributed by atoms with Crippen molar-refractivity contribution < 1.29 is 14.3 Å². The second-order valence-corrected chi connectivity index (χ2v) is 6.97. The number of carbonyl (C=O) groups excluding carboxylic acids is 1. The molecule has 0 aliphatic rings. The van der Waals surface area contributed by atoms with Crippen molar-refractivity contribution in [1.29, 1.82) is 0 Å². The van der Waals surface area contributed by atoms with E-state index in [0.29, 0.717) is 22.5 Å². The van der Waals surface area contributed by atoms with Crippen molar-refractivity contribution in [2.75, 3.05) is 11.9 Å². The van der Waals surface area contributed by atoms with Crippen molar-refractivity contribution in [2.24, 2.45) is 0 Å². The number of nitrogens with one attached hydrogen (secondary N) is 1. The van der Waals surface area contributed by atoms with E-state index < -0.39 is 11.4 Å². The maximum Gasteiger partial charge on any atom is 0.257 e. The fraction of sp³-hybridized carbons (Fsp3) is 0.261. The molecule has 1 amide bonds. The quantitative estimate of drug-likeness (QED) is 0.628. The summed E-state index contributed by atoms with van der Waals surface area (Å²) < 4.78 is 14.6. The van der Waals surface area contributed by atoms with Crippen LogP contribution in [0.25, 0.3) is 11.4 Å². The molecule has 3 rings (SSSR count). The van der Waals surface area contributed by atoms with Gasteiger partial charge in [-0.15, -0.1) is 0 Å². The largest absolute Gasteiger partial charge is 0.396 e. The molecular weight excluding hydrogens is 385 g/mol. The zero-order chi connectivity index (χ0) is 21.7. The third kappa shape index (κ3) is 4.80. The highest BCUT2D eigenvalue weighted by Crippen LogP contribution is 2.19. The SMILES string of the molecule is CCc1ccc(NC(=O)Cn2c(-c3ccc(F)cc3)nc(C)c(CCO)c2=O)cc1. The minimum atomic E-state index is -0.408. The Morgan fingerprint density at radius 2 is 1.80 bits per heavy atom. The van der Waals surface area contributed by atoms with Gasteiger partial charge in [-0.3, -0.25) is 14.2 Å². The molecule has 0 radical (unpaired) electrons. The topological polar surface area (TPSA) is 84.2 Å². The average molecular weight is 409 g/mol. The minimum Gasteiger partial charge on any atom is -0.396 e. The number of aliphatic hydroxyl groups excluding tert-OH is 1. The molecule has 1 heterocycles. The van der Waals surface area contributed by atoms with E-state index in [-0.39, 0.29) is 31.3 Å². The zero-order valence-corrected chi connectivity index (χ0v) is 17.0. The number of carbonyl (C=O) groups is 1. The smallest absolute Gasteiger partial charge is 0.257 e. The van der Waals surface area contributed by atoms with Crippen LogP contribution in [0, 0.1) is 12.7 Å². The van der Waals surface area contributed by atoms with Gasteiger partial charge in [0, 0.05) is 35.5 Å². The number of halogens is 1. The molecule has 0 spiro atoms. The average Bonchev–Trinajstić information content (AvgIpc) is 2.74. The van der Waals surface area contributed by atoms with Gasteiger partial charge in [-0.25, -0.2) is 9.37 Å². The number of aromatic nitrogens is 2. The first-order valence-corrected chi connectivity index (χ1v) is 9.78. The highest BCUT2D eigenvalue weighted by Gasteiger charge is 2.18. The molecule has 0 aliphatic heterocycles. The molecule has 0 unspecified atom stereocenters. The second kappa shape index (κ2) is 9.45. The van der Waals surface area contributed by atoms with Crippen LogP contribution in [0.2, 0.25) is 0 Å².